The molecule has 5 nitrogen and oxygen atoms in total. The fourth-order valence-corrected chi connectivity index (χ4v) is 3.82. The van der Waals surface area contributed by atoms with E-state index in [0.29, 0.717) is 12.8 Å². The Morgan fingerprint density at radius 3 is 2.55 bits per heavy atom. The number of rotatable bonds is 6. The topological polar surface area (TPSA) is 49.6 Å². The van der Waals surface area contributed by atoms with E-state index in [4.69, 9.17) is 16.1 Å². The van der Waals surface area contributed by atoms with Gasteiger partial charge < -0.3 is 14.3 Å². The summed E-state index contributed by atoms with van der Waals surface area (Å²) in [4.78, 5) is 16.8. The lowest BCUT2D eigenvalue weighted by molar-refractivity contribution is -0.131. The number of carbonyl (C=O) groups excluding carboxylic acids is 1. The largest absolute Gasteiger partial charge is 0.368 e. The Labute approximate surface area is 175 Å². The zero-order chi connectivity index (χ0) is 20.1. The second-order valence-electron chi connectivity index (χ2n) is 7.25. The molecule has 150 valence electrons. The van der Waals surface area contributed by atoms with Gasteiger partial charge in [-0.05, 0) is 24.6 Å². The summed E-state index contributed by atoms with van der Waals surface area (Å²) in [6.07, 6.45) is 2.00. The summed E-state index contributed by atoms with van der Waals surface area (Å²) in [5.74, 6) is 1.03. The van der Waals surface area contributed by atoms with Gasteiger partial charge in [-0.3, -0.25) is 4.79 Å². The van der Waals surface area contributed by atoms with Crippen LogP contribution in [0.3, 0.4) is 0 Å². The number of piperazine rings is 1. The maximum absolute atomic E-state index is 12.6. The number of benzene rings is 2. The molecule has 0 radical (unpaired) electrons. The Morgan fingerprint density at radius 1 is 1.00 bits per heavy atom. The van der Waals surface area contributed by atoms with Crippen molar-refractivity contribution in [2.75, 3.05) is 31.1 Å². The van der Waals surface area contributed by atoms with Gasteiger partial charge in [-0.1, -0.05) is 53.2 Å². The molecule has 1 aliphatic rings. The van der Waals surface area contributed by atoms with E-state index in [1.165, 1.54) is 0 Å². The highest BCUT2D eigenvalue weighted by molar-refractivity contribution is 6.30. The normalized spacial score (nSPS) is 14.2. The van der Waals surface area contributed by atoms with Crippen LogP contribution in [0.2, 0.25) is 5.02 Å². The molecule has 2 heterocycles. The quantitative estimate of drug-likeness (QED) is 0.593. The number of hydrogen-bond donors (Lipinski definition) is 0. The number of aryl methyl sites for hydroxylation is 1. The molecule has 1 aromatic heterocycles. The van der Waals surface area contributed by atoms with Gasteiger partial charge in [0.15, 0.2) is 0 Å². The number of halogens is 1. The Kier molecular flexibility index (Phi) is 6.15. The molecule has 0 unspecified atom stereocenters. The Morgan fingerprint density at radius 2 is 1.79 bits per heavy atom. The molecule has 1 aliphatic heterocycles. The van der Waals surface area contributed by atoms with Gasteiger partial charge >= 0.3 is 0 Å². The molecule has 0 N–H and O–H groups in total. The third-order valence-corrected chi connectivity index (χ3v) is 5.48. The zero-order valence-electron chi connectivity index (χ0n) is 16.3. The molecule has 6 heteroatoms. The lowest BCUT2D eigenvalue weighted by atomic mass is 10.1. The van der Waals surface area contributed by atoms with Crippen LogP contribution in [0.1, 0.15) is 18.6 Å². The molecule has 2 aromatic carbocycles. The van der Waals surface area contributed by atoms with Crippen LogP contribution < -0.4 is 4.90 Å². The van der Waals surface area contributed by atoms with Crippen LogP contribution in [-0.2, 0) is 11.2 Å². The Bertz CT molecular complexity index is 950. The molecule has 0 spiro atoms. The number of aromatic nitrogens is 1. The van der Waals surface area contributed by atoms with Crippen molar-refractivity contribution in [2.24, 2.45) is 0 Å². The van der Waals surface area contributed by atoms with Crippen LogP contribution in [0, 0.1) is 0 Å². The number of nitrogens with zero attached hydrogens (tertiary/aromatic N) is 3. The first kappa shape index (κ1) is 19.5. The summed E-state index contributed by atoms with van der Waals surface area (Å²) in [6, 6.07) is 19.8. The average molecular weight is 410 g/mol. The molecule has 3 aromatic rings. The van der Waals surface area contributed by atoms with E-state index in [1.807, 2.05) is 59.5 Å². The summed E-state index contributed by atoms with van der Waals surface area (Å²) < 4.78 is 5.43. The van der Waals surface area contributed by atoms with Gasteiger partial charge in [-0.2, -0.15) is 0 Å². The highest BCUT2D eigenvalue weighted by atomic mass is 35.5. The van der Waals surface area contributed by atoms with E-state index in [-0.39, 0.29) is 5.91 Å². The lowest BCUT2D eigenvalue weighted by Crippen LogP contribution is -2.48. The van der Waals surface area contributed by atoms with Crippen LogP contribution in [0.25, 0.3) is 11.3 Å². The monoisotopic (exact) mass is 409 g/mol. The molecule has 1 amide bonds. The smallest absolute Gasteiger partial charge is 0.222 e. The van der Waals surface area contributed by atoms with Crippen LogP contribution in [0.4, 0.5) is 5.69 Å². The van der Waals surface area contributed by atoms with Crippen molar-refractivity contribution >= 4 is 23.2 Å². The van der Waals surface area contributed by atoms with E-state index in [1.54, 1.807) is 0 Å². The fourth-order valence-electron chi connectivity index (χ4n) is 3.63. The fraction of sp³-hybridized carbons (Fsp3) is 0.304. The van der Waals surface area contributed by atoms with Crippen molar-refractivity contribution in [1.29, 1.82) is 0 Å². The van der Waals surface area contributed by atoms with Gasteiger partial charge in [0.25, 0.3) is 0 Å². The molecule has 0 bridgehead atoms. The molecule has 29 heavy (non-hydrogen) atoms. The van der Waals surface area contributed by atoms with Crippen LogP contribution in [-0.4, -0.2) is 42.1 Å². The molecule has 0 saturated carbocycles. The second kappa shape index (κ2) is 9.14. The number of amides is 1. The maximum Gasteiger partial charge on any atom is 0.222 e. The van der Waals surface area contributed by atoms with Gasteiger partial charge in [-0.25, -0.2) is 0 Å². The highest BCUT2D eigenvalue weighted by Gasteiger charge is 2.21. The lowest BCUT2D eigenvalue weighted by Gasteiger charge is -2.36. The molecule has 1 saturated heterocycles. The predicted molar refractivity (Wildman–Crippen MR) is 115 cm³/mol. The van der Waals surface area contributed by atoms with E-state index in [9.17, 15) is 4.79 Å². The summed E-state index contributed by atoms with van der Waals surface area (Å²) >= 11 is 6.08. The molecule has 0 atom stereocenters. The van der Waals surface area contributed by atoms with Crippen molar-refractivity contribution in [2.45, 2.75) is 19.3 Å². The first-order valence-electron chi connectivity index (χ1n) is 9.98. The van der Waals surface area contributed by atoms with Gasteiger partial charge in [0.2, 0.25) is 5.91 Å². The minimum atomic E-state index is 0.207. The van der Waals surface area contributed by atoms with Gasteiger partial charge in [0.05, 0.1) is 0 Å². The van der Waals surface area contributed by atoms with Crippen LogP contribution in [0.15, 0.2) is 65.2 Å². The summed E-state index contributed by atoms with van der Waals surface area (Å²) in [6.45, 7) is 3.14. The average Bonchev–Trinajstić information content (AvgIpc) is 3.23. The Hall–Kier alpha value is -2.79. The van der Waals surface area contributed by atoms with Crippen molar-refractivity contribution in [1.82, 2.24) is 10.1 Å². The standard InChI is InChI=1S/C23H24ClN3O2/c24-19-8-4-9-20(16-19)26-12-14-27(15-13-26)23(28)11-5-10-21-17-22(25-29-21)18-6-2-1-3-7-18/h1-4,6-9,16-17H,5,10-15H2. The number of carbonyl (C=O) groups is 1. The molecule has 1 fully saturated rings. The summed E-state index contributed by atoms with van der Waals surface area (Å²) in [7, 11) is 0. The van der Waals surface area contributed by atoms with E-state index in [2.05, 4.69) is 16.1 Å². The van der Waals surface area contributed by atoms with Crippen molar-refractivity contribution in [3.63, 3.8) is 0 Å². The SMILES string of the molecule is O=C(CCCc1cc(-c2ccccc2)no1)N1CCN(c2cccc(Cl)c2)CC1. The highest BCUT2D eigenvalue weighted by Crippen LogP contribution is 2.22. The van der Waals surface area contributed by atoms with E-state index >= 15 is 0 Å². The van der Waals surface area contributed by atoms with Crippen LogP contribution in [0.5, 0.6) is 0 Å². The molecule has 4 rings (SSSR count). The summed E-state index contributed by atoms with van der Waals surface area (Å²) in [5, 5.41) is 4.87. The van der Waals surface area contributed by atoms with Gasteiger partial charge in [0.1, 0.15) is 11.5 Å². The van der Waals surface area contributed by atoms with Gasteiger partial charge in [-0.15, -0.1) is 0 Å². The molecule has 0 aliphatic carbocycles. The maximum atomic E-state index is 12.6. The van der Waals surface area contributed by atoms with Crippen molar-refractivity contribution in [3.05, 3.63) is 71.4 Å². The zero-order valence-corrected chi connectivity index (χ0v) is 17.0. The number of anilines is 1. The molecular weight excluding hydrogens is 386 g/mol. The second-order valence-corrected chi connectivity index (χ2v) is 7.68. The minimum Gasteiger partial charge on any atom is -0.368 e. The third-order valence-electron chi connectivity index (χ3n) is 5.25. The predicted octanol–water partition coefficient (Wildman–Crippen LogP) is 4.67. The van der Waals surface area contributed by atoms with Crippen molar-refractivity contribution in [3.8, 4) is 11.3 Å². The minimum absolute atomic E-state index is 0.207. The van der Waals surface area contributed by atoms with Crippen LogP contribution >= 0.6 is 11.6 Å². The Balaban J connectivity index is 1.22. The third kappa shape index (κ3) is 4.98. The first-order chi connectivity index (χ1) is 14.2. The van der Waals surface area contributed by atoms with E-state index < -0.39 is 0 Å². The van der Waals surface area contributed by atoms with Gasteiger partial charge in [0, 0.05) is 61.4 Å². The van der Waals surface area contributed by atoms with Crippen molar-refractivity contribution < 1.29 is 9.32 Å². The van der Waals surface area contributed by atoms with E-state index in [0.717, 1.165) is 60.3 Å². The first-order valence-corrected chi connectivity index (χ1v) is 10.4. The summed E-state index contributed by atoms with van der Waals surface area (Å²) in [5.41, 5.74) is 2.99. The number of hydrogen-bond acceptors (Lipinski definition) is 4. The molecular formula is C23H24ClN3O2.